The average Bonchev–Trinajstić information content (AvgIpc) is 3.25. The Morgan fingerprint density at radius 2 is 2.17 bits per heavy atom. The second-order valence-electron chi connectivity index (χ2n) is 6.41. The fraction of sp³-hybridized carbons (Fsp3) is 0.471. The first-order valence-corrected chi connectivity index (χ1v) is 8.28. The van der Waals surface area contributed by atoms with Crippen molar-refractivity contribution in [1.82, 2.24) is 25.0 Å². The lowest BCUT2D eigenvalue weighted by Gasteiger charge is -2.32. The molecule has 1 aromatic heterocycles. The molecule has 1 saturated carbocycles. The molecule has 1 aliphatic heterocycles. The molecule has 24 heavy (non-hydrogen) atoms. The molecular weight excluding hydrogens is 306 g/mol. The molecule has 2 fully saturated rings. The molecule has 2 aliphatic rings. The molecule has 1 saturated heterocycles. The summed E-state index contributed by atoms with van der Waals surface area (Å²) in [6, 6.07) is 10.6. The van der Waals surface area contributed by atoms with Gasteiger partial charge in [0, 0.05) is 25.6 Å². The Hall–Kier alpha value is -2.41. The van der Waals surface area contributed by atoms with Crippen LogP contribution in [0.15, 0.2) is 36.7 Å². The van der Waals surface area contributed by atoms with E-state index in [1.807, 2.05) is 34.7 Å². The van der Waals surface area contributed by atoms with Gasteiger partial charge in [-0.3, -0.25) is 0 Å². The van der Waals surface area contributed by atoms with E-state index >= 15 is 0 Å². The number of nitrogens with zero attached hydrogens (tertiary/aromatic N) is 4. The summed E-state index contributed by atoms with van der Waals surface area (Å²) in [7, 11) is 1.88. The molecule has 7 nitrogen and oxygen atoms in total. The highest BCUT2D eigenvalue weighted by molar-refractivity contribution is 5.75. The Morgan fingerprint density at radius 3 is 2.92 bits per heavy atom. The van der Waals surface area contributed by atoms with Crippen molar-refractivity contribution in [3.05, 3.63) is 48.0 Å². The zero-order chi connectivity index (χ0) is 16.5. The first kappa shape index (κ1) is 15.1. The molecule has 0 radical (unpaired) electrons. The lowest BCUT2D eigenvalue weighted by molar-refractivity contribution is -0.0215. The molecule has 1 N–H and O–H groups in total. The highest BCUT2D eigenvalue weighted by atomic mass is 16.5. The van der Waals surface area contributed by atoms with E-state index < -0.39 is 0 Å². The summed E-state index contributed by atoms with van der Waals surface area (Å²) in [5.74, 6) is 1.19. The van der Waals surface area contributed by atoms with Gasteiger partial charge in [0.15, 0.2) is 5.82 Å². The lowest BCUT2D eigenvalue weighted by atomic mass is 10.1. The van der Waals surface area contributed by atoms with Crippen molar-refractivity contribution < 1.29 is 9.53 Å². The number of benzene rings is 1. The molecule has 126 valence electrons. The van der Waals surface area contributed by atoms with Crippen molar-refractivity contribution in [2.45, 2.75) is 24.5 Å². The number of urea groups is 1. The van der Waals surface area contributed by atoms with Gasteiger partial charge in [-0.2, -0.15) is 0 Å². The summed E-state index contributed by atoms with van der Waals surface area (Å²) in [6.45, 7) is 1.61. The fourth-order valence-corrected chi connectivity index (χ4v) is 3.25. The Bertz CT molecular complexity index is 717. The van der Waals surface area contributed by atoms with Crippen LogP contribution in [-0.2, 0) is 11.8 Å². The van der Waals surface area contributed by atoms with Crippen LogP contribution >= 0.6 is 0 Å². The van der Waals surface area contributed by atoms with Gasteiger partial charge in [0.05, 0.1) is 13.2 Å². The summed E-state index contributed by atoms with van der Waals surface area (Å²) >= 11 is 0. The molecule has 7 heteroatoms. The zero-order valence-corrected chi connectivity index (χ0v) is 13.6. The first-order chi connectivity index (χ1) is 11.7. The average molecular weight is 327 g/mol. The van der Waals surface area contributed by atoms with E-state index in [1.165, 1.54) is 5.56 Å². The van der Waals surface area contributed by atoms with Crippen LogP contribution in [0.5, 0.6) is 0 Å². The smallest absolute Gasteiger partial charge is 0.317 e. The number of hydrogen-bond donors (Lipinski definition) is 1. The molecule has 1 aliphatic carbocycles. The van der Waals surface area contributed by atoms with E-state index in [1.54, 1.807) is 6.33 Å². The van der Waals surface area contributed by atoms with Gasteiger partial charge < -0.3 is 19.5 Å². The maximum atomic E-state index is 12.5. The predicted molar refractivity (Wildman–Crippen MR) is 87.4 cm³/mol. The van der Waals surface area contributed by atoms with Crippen molar-refractivity contribution in [2.75, 3.05) is 19.7 Å². The summed E-state index contributed by atoms with van der Waals surface area (Å²) in [5, 5.41) is 11.1. The van der Waals surface area contributed by atoms with Crippen LogP contribution < -0.4 is 5.32 Å². The van der Waals surface area contributed by atoms with Crippen molar-refractivity contribution in [3.63, 3.8) is 0 Å². The Labute approximate surface area is 140 Å². The monoisotopic (exact) mass is 327 g/mol. The minimum absolute atomic E-state index is 0.0195. The molecule has 0 spiro atoms. The maximum Gasteiger partial charge on any atom is 0.317 e. The number of hydrogen-bond acceptors (Lipinski definition) is 4. The van der Waals surface area contributed by atoms with Gasteiger partial charge in [0.2, 0.25) is 0 Å². The molecule has 2 heterocycles. The number of morpholine rings is 1. The van der Waals surface area contributed by atoms with Crippen molar-refractivity contribution >= 4 is 6.03 Å². The highest BCUT2D eigenvalue weighted by Gasteiger charge is 2.40. The van der Waals surface area contributed by atoms with Gasteiger partial charge in [-0.15, -0.1) is 10.2 Å². The number of amides is 2. The number of nitrogens with one attached hydrogen (secondary N) is 1. The van der Waals surface area contributed by atoms with Gasteiger partial charge in [-0.1, -0.05) is 30.3 Å². The molecule has 3 atom stereocenters. The lowest BCUT2D eigenvalue weighted by Crippen LogP contribution is -2.48. The second-order valence-corrected chi connectivity index (χ2v) is 6.41. The van der Waals surface area contributed by atoms with E-state index in [-0.39, 0.29) is 18.2 Å². The van der Waals surface area contributed by atoms with Gasteiger partial charge in [0.25, 0.3) is 0 Å². The SMILES string of the molecule is Cn1cnnc1[C@@H]1CN(C(=O)N[C@@H]2C[C@H]2c2ccccc2)CCO1. The van der Waals surface area contributed by atoms with Crippen molar-refractivity contribution in [2.24, 2.45) is 7.05 Å². The predicted octanol–water partition coefficient (Wildman–Crippen LogP) is 1.45. The molecule has 0 bridgehead atoms. The molecule has 0 unspecified atom stereocenters. The molecule has 2 amide bonds. The minimum Gasteiger partial charge on any atom is -0.366 e. The van der Waals surface area contributed by atoms with E-state index in [2.05, 4.69) is 27.6 Å². The first-order valence-electron chi connectivity index (χ1n) is 8.28. The molecule has 2 aromatic rings. The Kier molecular flexibility index (Phi) is 3.93. The third kappa shape index (κ3) is 2.99. The summed E-state index contributed by atoms with van der Waals surface area (Å²) in [4.78, 5) is 14.4. The largest absolute Gasteiger partial charge is 0.366 e. The van der Waals surface area contributed by atoms with Crippen LogP contribution in [-0.4, -0.2) is 51.4 Å². The Balaban J connectivity index is 1.35. The standard InChI is InChI=1S/C17H21N5O2/c1-21-11-18-20-16(21)15-10-22(7-8-24-15)17(23)19-14-9-13(14)12-5-3-2-4-6-12/h2-6,11,13-15H,7-10H2,1H3,(H,19,23)/t13-,14+,15-/m0/s1. The second kappa shape index (κ2) is 6.24. The maximum absolute atomic E-state index is 12.5. The molecular formula is C17H21N5O2. The van der Waals surface area contributed by atoms with E-state index in [0.717, 1.165) is 12.2 Å². The topological polar surface area (TPSA) is 72.3 Å². The van der Waals surface area contributed by atoms with Crippen LogP contribution in [0.1, 0.15) is 29.8 Å². The summed E-state index contributed by atoms with van der Waals surface area (Å²) in [5.41, 5.74) is 1.29. The number of ether oxygens (including phenoxy) is 1. The van der Waals surface area contributed by atoms with Crippen LogP contribution in [0, 0.1) is 0 Å². The van der Waals surface area contributed by atoms with Gasteiger partial charge in [-0.05, 0) is 12.0 Å². The quantitative estimate of drug-likeness (QED) is 0.926. The molecule has 1 aromatic carbocycles. The number of carbonyl (C=O) groups excluding carboxylic acids is 1. The van der Waals surface area contributed by atoms with Gasteiger partial charge in [0.1, 0.15) is 12.4 Å². The van der Waals surface area contributed by atoms with Crippen molar-refractivity contribution in [1.29, 1.82) is 0 Å². The number of carbonyl (C=O) groups is 1. The zero-order valence-electron chi connectivity index (χ0n) is 13.6. The third-order valence-electron chi connectivity index (χ3n) is 4.72. The van der Waals surface area contributed by atoms with Crippen LogP contribution in [0.3, 0.4) is 0 Å². The van der Waals surface area contributed by atoms with Crippen LogP contribution in [0.25, 0.3) is 0 Å². The van der Waals surface area contributed by atoms with Gasteiger partial charge >= 0.3 is 6.03 Å². The normalized spacial score (nSPS) is 26.2. The summed E-state index contributed by atoms with van der Waals surface area (Å²) < 4.78 is 7.58. The number of aromatic nitrogens is 3. The number of aryl methyl sites for hydroxylation is 1. The van der Waals surface area contributed by atoms with Crippen molar-refractivity contribution in [3.8, 4) is 0 Å². The summed E-state index contributed by atoms with van der Waals surface area (Å²) in [6.07, 6.45) is 2.43. The highest BCUT2D eigenvalue weighted by Crippen LogP contribution is 2.40. The molecule has 4 rings (SSSR count). The Morgan fingerprint density at radius 1 is 1.33 bits per heavy atom. The van der Waals surface area contributed by atoms with E-state index in [9.17, 15) is 4.79 Å². The van der Waals surface area contributed by atoms with E-state index in [4.69, 9.17) is 4.74 Å². The fourth-order valence-electron chi connectivity index (χ4n) is 3.25. The van der Waals surface area contributed by atoms with E-state index in [0.29, 0.717) is 25.6 Å². The van der Waals surface area contributed by atoms with Crippen LogP contribution in [0.2, 0.25) is 0 Å². The number of rotatable bonds is 3. The van der Waals surface area contributed by atoms with Gasteiger partial charge in [-0.25, -0.2) is 4.79 Å². The third-order valence-corrected chi connectivity index (χ3v) is 4.72. The minimum atomic E-state index is -0.221. The van der Waals surface area contributed by atoms with Crippen LogP contribution in [0.4, 0.5) is 4.79 Å².